The van der Waals surface area contributed by atoms with E-state index in [1.54, 1.807) is 0 Å². The Morgan fingerprint density at radius 2 is 2.18 bits per heavy atom. The molecule has 1 N–H and O–H groups in total. The fraction of sp³-hybridized carbons (Fsp3) is 0.727. The van der Waals surface area contributed by atoms with Gasteiger partial charge >= 0.3 is 16.4 Å². The third kappa shape index (κ3) is 2.78. The summed E-state index contributed by atoms with van der Waals surface area (Å²) in [5.41, 5.74) is 0. The Morgan fingerprint density at radius 1 is 1.41 bits per heavy atom. The first-order chi connectivity index (χ1) is 10.4. The van der Waals surface area contributed by atoms with Crippen LogP contribution in [-0.2, 0) is 21.1 Å². The number of urea groups is 1. The van der Waals surface area contributed by atoms with Crippen molar-refractivity contribution in [1.82, 2.24) is 20.2 Å². The monoisotopic (exact) mass is 332 g/mol. The van der Waals surface area contributed by atoms with Crippen LogP contribution in [0.4, 0.5) is 4.79 Å². The lowest BCUT2D eigenvalue weighted by atomic mass is 10.0. The highest BCUT2D eigenvalue weighted by Crippen LogP contribution is 2.38. The van der Waals surface area contributed by atoms with Crippen LogP contribution in [0.25, 0.3) is 0 Å². The number of carbonyl (C=O) groups is 1. The second-order valence-electron chi connectivity index (χ2n) is 5.29. The van der Waals surface area contributed by atoms with E-state index in [-0.39, 0.29) is 6.54 Å². The van der Waals surface area contributed by atoms with Crippen molar-refractivity contribution >= 4 is 16.4 Å². The Kier molecular flexibility index (Phi) is 3.78. The van der Waals surface area contributed by atoms with Gasteiger partial charge in [-0.15, -0.1) is 14.5 Å². The molecule has 0 aromatic carbocycles. The van der Waals surface area contributed by atoms with Crippen LogP contribution in [-0.4, -0.2) is 51.7 Å². The number of carbonyl (C=O) groups excluding carboxylic acids is 1. The van der Waals surface area contributed by atoms with Crippen molar-refractivity contribution in [3.63, 3.8) is 0 Å². The number of hydroxylamine groups is 2. The highest BCUT2D eigenvalue weighted by molar-refractivity contribution is 7.80. The Hall–Kier alpha value is -1.72. The summed E-state index contributed by atoms with van der Waals surface area (Å²) >= 11 is 0. The van der Waals surface area contributed by atoms with Gasteiger partial charge in [-0.25, -0.2) is 4.79 Å². The van der Waals surface area contributed by atoms with Crippen LogP contribution in [0.5, 0.6) is 0 Å². The molecule has 2 atom stereocenters. The molecule has 10 nitrogen and oxygen atoms in total. The Morgan fingerprint density at radius 3 is 2.86 bits per heavy atom. The van der Waals surface area contributed by atoms with Crippen molar-refractivity contribution in [2.75, 3.05) is 6.54 Å². The molecule has 0 unspecified atom stereocenters. The molecule has 11 heteroatoms. The lowest BCUT2D eigenvalue weighted by Crippen LogP contribution is -2.35. The summed E-state index contributed by atoms with van der Waals surface area (Å²) in [6.45, 7) is 2.27. The van der Waals surface area contributed by atoms with Gasteiger partial charge in [-0.1, -0.05) is 6.92 Å². The van der Waals surface area contributed by atoms with Gasteiger partial charge < -0.3 is 9.32 Å². The summed E-state index contributed by atoms with van der Waals surface area (Å²) in [5.74, 6) is 0.848. The molecular weight excluding hydrogens is 316 g/mol. The molecular formula is C11H16N4O6S. The molecule has 1 aromatic heterocycles. The molecule has 3 rings (SSSR count). The van der Waals surface area contributed by atoms with Crippen molar-refractivity contribution in [3.05, 3.63) is 11.8 Å². The van der Waals surface area contributed by atoms with E-state index < -0.39 is 28.5 Å². The Bertz CT molecular complexity index is 674. The SMILES string of the molecule is CCCc1nnc([C@@H]2CC[C@@H]3CN2C(=O)N3OS(=O)(=O)O)o1. The van der Waals surface area contributed by atoms with Crippen LogP contribution < -0.4 is 0 Å². The molecule has 0 aliphatic carbocycles. The maximum absolute atomic E-state index is 12.2. The van der Waals surface area contributed by atoms with E-state index in [4.69, 9.17) is 8.97 Å². The minimum atomic E-state index is -4.74. The first-order valence-electron chi connectivity index (χ1n) is 6.98. The maximum atomic E-state index is 12.2. The Labute approximate surface area is 126 Å². The van der Waals surface area contributed by atoms with Crippen LogP contribution in [0.2, 0.25) is 0 Å². The Balaban J connectivity index is 1.79. The fourth-order valence-corrected chi connectivity index (χ4v) is 3.19. The van der Waals surface area contributed by atoms with Crippen LogP contribution in [0.15, 0.2) is 4.42 Å². The number of aryl methyl sites for hydroxylation is 1. The number of piperidine rings is 1. The van der Waals surface area contributed by atoms with E-state index in [1.165, 1.54) is 4.90 Å². The lowest BCUT2D eigenvalue weighted by molar-refractivity contribution is -0.0317. The number of amides is 2. The third-order valence-corrected chi connectivity index (χ3v) is 4.08. The van der Waals surface area contributed by atoms with Crippen molar-refractivity contribution in [1.29, 1.82) is 0 Å². The summed E-state index contributed by atoms with van der Waals surface area (Å²) in [6, 6.07) is -1.47. The molecule has 1 aromatic rings. The average Bonchev–Trinajstić information content (AvgIpc) is 2.99. The van der Waals surface area contributed by atoms with Gasteiger partial charge in [0.2, 0.25) is 11.8 Å². The van der Waals surface area contributed by atoms with Crippen molar-refractivity contribution < 1.29 is 26.5 Å². The molecule has 0 spiro atoms. The smallest absolute Gasteiger partial charge is 0.418 e. The number of rotatable bonds is 5. The molecule has 2 fully saturated rings. The molecule has 122 valence electrons. The zero-order chi connectivity index (χ0) is 15.9. The first kappa shape index (κ1) is 15.2. The van der Waals surface area contributed by atoms with E-state index in [2.05, 4.69) is 14.5 Å². The van der Waals surface area contributed by atoms with Crippen LogP contribution >= 0.6 is 0 Å². The van der Waals surface area contributed by atoms with E-state index >= 15 is 0 Å². The minimum absolute atomic E-state index is 0.282. The van der Waals surface area contributed by atoms with Gasteiger partial charge in [0.25, 0.3) is 0 Å². The first-order valence-corrected chi connectivity index (χ1v) is 8.34. The zero-order valence-electron chi connectivity index (χ0n) is 11.9. The van der Waals surface area contributed by atoms with Gasteiger partial charge in [0, 0.05) is 13.0 Å². The zero-order valence-corrected chi connectivity index (χ0v) is 12.7. The maximum Gasteiger partial charge on any atom is 0.418 e. The number of nitrogens with zero attached hydrogens (tertiary/aromatic N) is 4. The van der Waals surface area contributed by atoms with Crippen LogP contribution in [0.3, 0.4) is 0 Å². The molecule has 22 heavy (non-hydrogen) atoms. The largest absolute Gasteiger partial charge is 0.423 e. The number of fused-ring (bicyclic) bond motifs is 2. The second-order valence-corrected chi connectivity index (χ2v) is 6.30. The molecule has 2 bridgehead atoms. The molecule has 2 saturated heterocycles. The second kappa shape index (κ2) is 5.48. The van der Waals surface area contributed by atoms with Gasteiger partial charge in [-0.3, -0.25) is 4.55 Å². The summed E-state index contributed by atoms with van der Waals surface area (Å²) < 4.78 is 40.3. The summed E-state index contributed by atoms with van der Waals surface area (Å²) in [7, 11) is -4.74. The molecule has 3 heterocycles. The third-order valence-electron chi connectivity index (χ3n) is 3.73. The van der Waals surface area contributed by atoms with Crippen LogP contribution in [0.1, 0.15) is 44.0 Å². The molecule has 2 amide bonds. The van der Waals surface area contributed by atoms with Gasteiger partial charge in [-0.05, 0) is 19.3 Å². The van der Waals surface area contributed by atoms with Crippen molar-refractivity contribution in [2.24, 2.45) is 0 Å². The van der Waals surface area contributed by atoms with Gasteiger partial charge in [-0.2, -0.15) is 13.5 Å². The average molecular weight is 332 g/mol. The summed E-state index contributed by atoms with van der Waals surface area (Å²) in [5, 5.41) is 8.60. The summed E-state index contributed by atoms with van der Waals surface area (Å²) in [6.07, 6.45) is 2.59. The van der Waals surface area contributed by atoms with E-state index in [9.17, 15) is 13.2 Å². The number of hydrogen-bond donors (Lipinski definition) is 1. The van der Waals surface area contributed by atoms with Crippen molar-refractivity contribution in [2.45, 2.75) is 44.7 Å². The molecule has 2 aliphatic rings. The van der Waals surface area contributed by atoms with E-state index in [1.807, 2.05) is 6.92 Å². The fourth-order valence-electron chi connectivity index (χ4n) is 2.80. The number of aromatic nitrogens is 2. The molecule has 2 aliphatic heterocycles. The van der Waals surface area contributed by atoms with Gasteiger partial charge in [0.05, 0.1) is 6.04 Å². The van der Waals surface area contributed by atoms with E-state index in [0.717, 1.165) is 6.42 Å². The molecule has 0 saturated carbocycles. The quantitative estimate of drug-likeness (QED) is 0.781. The highest BCUT2D eigenvalue weighted by atomic mass is 32.3. The predicted octanol–water partition coefficient (Wildman–Crippen LogP) is 0.698. The number of hydrogen-bond acceptors (Lipinski definition) is 7. The van der Waals surface area contributed by atoms with Crippen molar-refractivity contribution in [3.8, 4) is 0 Å². The van der Waals surface area contributed by atoms with Crippen LogP contribution in [0, 0.1) is 0 Å². The summed E-state index contributed by atoms with van der Waals surface area (Å²) in [4.78, 5) is 13.7. The van der Waals surface area contributed by atoms with E-state index in [0.29, 0.717) is 36.1 Å². The minimum Gasteiger partial charge on any atom is -0.423 e. The van der Waals surface area contributed by atoms with Gasteiger partial charge in [0.1, 0.15) is 6.04 Å². The predicted molar refractivity (Wildman–Crippen MR) is 70.6 cm³/mol. The highest BCUT2D eigenvalue weighted by Gasteiger charge is 2.49. The normalized spacial score (nSPS) is 25.1. The topological polar surface area (TPSA) is 126 Å². The lowest BCUT2D eigenvalue weighted by Gasteiger charge is -2.27. The van der Waals surface area contributed by atoms with Gasteiger partial charge in [0.15, 0.2) is 0 Å². The standard InChI is InChI=1S/C11H16N4O6S/c1-2-3-9-12-13-10(20-9)8-5-4-7-6-14(8)11(16)15(7)21-22(17,18)19/h7-8H,2-6H2,1H3,(H,17,18,19)/t7-,8+/m1/s1. The molecule has 0 radical (unpaired) electrons.